The minimum atomic E-state index is -4.43. The predicted molar refractivity (Wildman–Crippen MR) is 97.1 cm³/mol. The highest BCUT2D eigenvalue weighted by Gasteiger charge is 2.43. The molecule has 8 nitrogen and oxygen atoms in total. The number of aromatic nitrogens is 3. The number of nitrogens with zero attached hydrogens (tertiary/aromatic N) is 4. The molecule has 4 N–H and O–H groups in total. The number of pyridine rings is 1. The first-order valence-electron chi connectivity index (χ1n) is 9.13. The number of alkyl halides is 3. The third-order valence-electron chi connectivity index (χ3n) is 5.26. The van der Waals surface area contributed by atoms with Crippen molar-refractivity contribution in [1.29, 1.82) is 0 Å². The monoisotopic (exact) mass is 408 g/mol. The Bertz CT molecular complexity index is 907. The minimum Gasteiger partial charge on any atom is -0.474 e. The van der Waals surface area contributed by atoms with E-state index < -0.39 is 17.6 Å². The van der Waals surface area contributed by atoms with E-state index in [1.807, 2.05) is 4.90 Å². The smallest absolute Gasteiger partial charge is 0.417 e. The quantitative estimate of drug-likeness (QED) is 0.795. The molecule has 4 heterocycles. The van der Waals surface area contributed by atoms with Crippen molar-refractivity contribution in [2.45, 2.75) is 50.0 Å². The van der Waals surface area contributed by atoms with Gasteiger partial charge >= 0.3 is 6.18 Å². The summed E-state index contributed by atoms with van der Waals surface area (Å²) in [6.45, 7) is 0. The van der Waals surface area contributed by atoms with Crippen LogP contribution in [0.3, 0.4) is 0 Å². The van der Waals surface area contributed by atoms with E-state index in [1.165, 1.54) is 12.1 Å². The van der Waals surface area contributed by atoms with E-state index in [0.717, 1.165) is 25.1 Å². The molecular formula is C18H19F3N6O2. The number of fused-ring (bicyclic) bond motifs is 2. The highest BCUT2D eigenvalue weighted by molar-refractivity contribution is 5.91. The number of carbonyl (C=O) groups is 1. The van der Waals surface area contributed by atoms with E-state index in [-0.39, 0.29) is 35.6 Å². The number of amides is 1. The van der Waals surface area contributed by atoms with Gasteiger partial charge in [0.25, 0.3) is 5.91 Å². The maximum atomic E-state index is 12.7. The molecule has 2 aromatic rings. The van der Waals surface area contributed by atoms with Crippen LogP contribution in [0.15, 0.2) is 24.4 Å². The summed E-state index contributed by atoms with van der Waals surface area (Å²) in [4.78, 5) is 25.8. The van der Waals surface area contributed by atoms with Crippen LogP contribution in [0.4, 0.5) is 24.9 Å². The zero-order chi connectivity index (χ0) is 20.8. The summed E-state index contributed by atoms with van der Waals surface area (Å²) in [5.74, 6) is -0.000650. The molecule has 4 rings (SSSR count). The Morgan fingerprint density at radius 1 is 1.17 bits per heavy atom. The van der Waals surface area contributed by atoms with Gasteiger partial charge in [-0.3, -0.25) is 4.79 Å². The Labute approximate surface area is 164 Å². The number of hydrogen-bond acceptors (Lipinski definition) is 7. The van der Waals surface area contributed by atoms with Crippen molar-refractivity contribution in [3.8, 4) is 5.88 Å². The lowest BCUT2D eigenvalue weighted by Gasteiger charge is -2.38. The van der Waals surface area contributed by atoms with E-state index in [2.05, 4.69) is 15.0 Å². The van der Waals surface area contributed by atoms with Crippen LogP contribution in [0.2, 0.25) is 0 Å². The molecule has 2 saturated heterocycles. The van der Waals surface area contributed by atoms with Gasteiger partial charge in [-0.2, -0.15) is 18.2 Å². The number of piperidine rings is 1. The van der Waals surface area contributed by atoms with Gasteiger partial charge < -0.3 is 21.1 Å². The van der Waals surface area contributed by atoms with Crippen LogP contribution in [-0.4, -0.2) is 39.0 Å². The number of hydrogen-bond donors (Lipinski definition) is 2. The number of nitrogens with two attached hydrogens (primary N) is 2. The second-order valence-corrected chi connectivity index (χ2v) is 7.23. The molecule has 154 valence electrons. The van der Waals surface area contributed by atoms with Gasteiger partial charge in [0.05, 0.1) is 5.56 Å². The number of carbonyl (C=O) groups excluding carboxylic acids is 1. The molecule has 0 aromatic carbocycles. The summed E-state index contributed by atoms with van der Waals surface area (Å²) in [6, 6.07) is 3.65. The molecule has 2 aliphatic rings. The highest BCUT2D eigenvalue weighted by Crippen LogP contribution is 2.39. The van der Waals surface area contributed by atoms with Crippen molar-refractivity contribution >= 4 is 17.7 Å². The number of nitrogen functional groups attached to an aromatic ring is 1. The van der Waals surface area contributed by atoms with Crippen LogP contribution in [0.1, 0.15) is 41.7 Å². The highest BCUT2D eigenvalue weighted by atomic mass is 19.4. The maximum absolute atomic E-state index is 12.7. The Morgan fingerprint density at radius 2 is 1.86 bits per heavy atom. The molecule has 0 radical (unpaired) electrons. The molecule has 1 unspecified atom stereocenters. The molecule has 29 heavy (non-hydrogen) atoms. The van der Waals surface area contributed by atoms with E-state index in [4.69, 9.17) is 16.2 Å². The van der Waals surface area contributed by atoms with Crippen LogP contribution < -0.4 is 21.1 Å². The number of rotatable bonds is 4. The first kappa shape index (κ1) is 19.2. The molecule has 2 fully saturated rings. The van der Waals surface area contributed by atoms with Crippen LogP contribution in [0.5, 0.6) is 5.88 Å². The van der Waals surface area contributed by atoms with E-state index in [9.17, 15) is 18.0 Å². The van der Waals surface area contributed by atoms with Crippen LogP contribution in [0.25, 0.3) is 0 Å². The van der Waals surface area contributed by atoms with Crippen molar-refractivity contribution in [2.24, 2.45) is 5.73 Å². The standard InChI is InChI=1S/C18H19F3N6O2/c19-18(20,21)9-1-4-15(24-8-9)29-12-5-10-2-3-11(6-12)27(10)17-25-13(16(23)28)7-14(22)26-17/h1,4,7-8,10-12H,2-3,5-6H2,(H2,23,28)(H2,22,25,26)/t10-,11+,12?. The SMILES string of the molecule is NC(=O)c1cc(N)nc(N2[C@@H]3CC[C@H]2CC(Oc2ccc(C(F)(F)F)cn2)C3)n1. The van der Waals surface area contributed by atoms with Crippen molar-refractivity contribution in [2.75, 3.05) is 10.6 Å². The van der Waals surface area contributed by atoms with Gasteiger partial charge in [-0.05, 0) is 18.9 Å². The Morgan fingerprint density at radius 3 is 2.41 bits per heavy atom. The first-order chi connectivity index (χ1) is 13.7. The second kappa shape index (κ2) is 7.05. The molecule has 0 spiro atoms. The number of primary amides is 1. The van der Waals surface area contributed by atoms with Crippen LogP contribution in [-0.2, 0) is 6.18 Å². The van der Waals surface area contributed by atoms with Gasteiger partial charge in [-0.1, -0.05) is 0 Å². The van der Waals surface area contributed by atoms with E-state index >= 15 is 0 Å². The van der Waals surface area contributed by atoms with E-state index in [0.29, 0.717) is 18.8 Å². The fourth-order valence-electron chi connectivity index (χ4n) is 4.03. The van der Waals surface area contributed by atoms with Crippen LogP contribution in [0, 0.1) is 0 Å². The molecule has 3 atom stereocenters. The van der Waals surface area contributed by atoms with Crippen molar-refractivity contribution < 1.29 is 22.7 Å². The lowest BCUT2D eigenvalue weighted by atomic mass is 10.00. The maximum Gasteiger partial charge on any atom is 0.417 e. The van der Waals surface area contributed by atoms with Gasteiger partial charge in [-0.25, -0.2) is 9.97 Å². The molecule has 0 saturated carbocycles. The van der Waals surface area contributed by atoms with Gasteiger partial charge in [0.1, 0.15) is 17.6 Å². The second-order valence-electron chi connectivity index (χ2n) is 7.23. The number of halogens is 3. The molecule has 1 amide bonds. The molecule has 2 bridgehead atoms. The Hall–Kier alpha value is -3.11. The molecule has 2 aliphatic heterocycles. The fraction of sp³-hybridized carbons (Fsp3) is 0.444. The summed E-state index contributed by atoms with van der Waals surface area (Å²) in [7, 11) is 0. The summed E-state index contributed by atoms with van der Waals surface area (Å²) in [5, 5.41) is 0. The zero-order valence-corrected chi connectivity index (χ0v) is 15.3. The molecule has 0 aliphatic carbocycles. The number of ether oxygens (including phenoxy) is 1. The third-order valence-corrected chi connectivity index (χ3v) is 5.26. The molecule has 11 heteroatoms. The Kier molecular flexibility index (Phi) is 4.67. The fourth-order valence-corrected chi connectivity index (χ4v) is 4.03. The van der Waals surface area contributed by atoms with Gasteiger partial charge in [-0.15, -0.1) is 0 Å². The molecular weight excluding hydrogens is 389 g/mol. The summed E-state index contributed by atoms with van der Waals surface area (Å²) >= 11 is 0. The predicted octanol–water partition coefficient (Wildman–Crippen LogP) is 2.15. The summed E-state index contributed by atoms with van der Waals surface area (Å²) < 4.78 is 43.8. The van der Waals surface area contributed by atoms with Gasteiger partial charge in [0.2, 0.25) is 11.8 Å². The van der Waals surface area contributed by atoms with Gasteiger partial charge in [0.15, 0.2) is 0 Å². The lowest BCUT2D eigenvalue weighted by Crippen LogP contribution is -2.47. The summed E-state index contributed by atoms with van der Waals surface area (Å²) in [5.41, 5.74) is 10.3. The Balaban J connectivity index is 1.48. The zero-order valence-electron chi connectivity index (χ0n) is 15.3. The third kappa shape index (κ3) is 3.89. The van der Waals surface area contributed by atoms with Crippen molar-refractivity contribution in [3.05, 3.63) is 35.7 Å². The average Bonchev–Trinajstić information content (AvgIpc) is 2.92. The van der Waals surface area contributed by atoms with E-state index in [1.54, 1.807) is 0 Å². The molecule has 2 aromatic heterocycles. The largest absolute Gasteiger partial charge is 0.474 e. The van der Waals surface area contributed by atoms with Crippen LogP contribution >= 0.6 is 0 Å². The number of anilines is 2. The van der Waals surface area contributed by atoms with Crippen molar-refractivity contribution in [3.63, 3.8) is 0 Å². The first-order valence-corrected chi connectivity index (χ1v) is 9.13. The summed E-state index contributed by atoms with van der Waals surface area (Å²) in [6.07, 6.45) is -0.830. The lowest BCUT2D eigenvalue weighted by molar-refractivity contribution is -0.137. The van der Waals surface area contributed by atoms with Crippen molar-refractivity contribution in [1.82, 2.24) is 15.0 Å². The topological polar surface area (TPSA) is 120 Å². The van der Waals surface area contributed by atoms with Gasteiger partial charge in [0, 0.05) is 43.3 Å². The normalized spacial score (nSPS) is 23.8. The minimum absolute atomic E-state index is 0.0548. The average molecular weight is 408 g/mol.